The number of carbonyl (C=O) groups is 1. The Labute approximate surface area is 131 Å². The standard InChI is InChI=1S/C16H22Cl2O2/c1-4-8-20-16-12(9-13(17)10-14(16)18)6-5-7-15(19)11(2)3/h9-11H,4-8H2,1-3H3. The highest BCUT2D eigenvalue weighted by molar-refractivity contribution is 6.35. The summed E-state index contributed by atoms with van der Waals surface area (Å²) < 4.78 is 5.70. The summed E-state index contributed by atoms with van der Waals surface area (Å²) in [6.07, 6.45) is 3.03. The molecule has 0 aromatic heterocycles. The first kappa shape index (κ1) is 17.3. The van der Waals surface area contributed by atoms with Crippen molar-refractivity contribution in [2.45, 2.75) is 46.5 Å². The second kappa shape index (κ2) is 8.53. The van der Waals surface area contributed by atoms with Crippen molar-refractivity contribution in [3.63, 3.8) is 0 Å². The highest BCUT2D eigenvalue weighted by atomic mass is 35.5. The molecule has 0 spiro atoms. The van der Waals surface area contributed by atoms with E-state index in [-0.39, 0.29) is 11.7 Å². The van der Waals surface area contributed by atoms with Gasteiger partial charge in [-0.25, -0.2) is 0 Å². The van der Waals surface area contributed by atoms with Crippen LogP contribution in [0.2, 0.25) is 10.0 Å². The topological polar surface area (TPSA) is 26.3 Å². The zero-order valence-corrected chi connectivity index (χ0v) is 13.9. The SMILES string of the molecule is CCCOc1c(Cl)cc(Cl)cc1CCCC(=O)C(C)C. The molecule has 0 radical (unpaired) electrons. The van der Waals surface area contributed by atoms with Crippen LogP contribution in [0.1, 0.15) is 45.6 Å². The molecule has 0 bridgehead atoms. The Morgan fingerprint density at radius 1 is 1.30 bits per heavy atom. The van der Waals surface area contributed by atoms with Gasteiger partial charge < -0.3 is 4.74 Å². The number of benzene rings is 1. The van der Waals surface area contributed by atoms with Crippen LogP contribution in [0.4, 0.5) is 0 Å². The maximum absolute atomic E-state index is 11.6. The Kier molecular flexibility index (Phi) is 7.39. The van der Waals surface area contributed by atoms with Crippen LogP contribution in [-0.2, 0) is 11.2 Å². The van der Waals surface area contributed by atoms with Crippen LogP contribution in [0.25, 0.3) is 0 Å². The quantitative estimate of drug-likeness (QED) is 0.648. The molecular formula is C16H22Cl2O2. The lowest BCUT2D eigenvalue weighted by Gasteiger charge is -2.13. The number of aryl methyl sites for hydroxylation is 1. The molecule has 0 atom stereocenters. The fourth-order valence-electron chi connectivity index (χ4n) is 1.91. The van der Waals surface area contributed by atoms with Gasteiger partial charge in [0, 0.05) is 17.4 Å². The van der Waals surface area contributed by atoms with E-state index in [4.69, 9.17) is 27.9 Å². The lowest BCUT2D eigenvalue weighted by Crippen LogP contribution is -2.07. The number of hydrogen-bond donors (Lipinski definition) is 0. The van der Waals surface area contributed by atoms with Crippen LogP contribution in [0.15, 0.2) is 12.1 Å². The average Bonchev–Trinajstić information content (AvgIpc) is 2.37. The van der Waals surface area contributed by atoms with Crippen molar-refractivity contribution in [3.8, 4) is 5.75 Å². The monoisotopic (exact) mass is 316 g/mol. The highest BCUT2D eigenvalue weighted by Gasteiger charge is 2.12. The van der Waals surface area contributed by atoms with E-state index in [0.717, 1.165) is 24.8 Å². The number of rotatable bonds is 8. The number of hydrogen-bond acceptors (Lipinski definition) is 2. The van der Waals surface area contributed by atoms with E-state index in [1.165, 1.54) is 0 Å². The summed E-state index contributed by atoms with van der Waals surface area (Å²) in [6, 6.07) is 3.56. The van der Waals surface area contributed by atoms with E-state index < -0.39 is 0 Å². The Morgan fingerprint density at radius 2 is 2.00 bits per heavy atom. The van der Waals surface area contributed by atoms with Crippen LogP contribution in [0.5, 0.6) is 5.75 Å². The van der Waals surface area contributed by atoms with Gasteiger partial charge in [-0.3, -0.25) is 4.79 Å². The molecule has 0 heterocycles. The van der Waals surface area contributed by atoms with Crippen LogP contribution in [0, 0.1) is 5.92 Å². The van der Waals surface area contributed by atoms with Crippen LogP contribution >= 0.6 is 23.2 Å². The summed E-state index contributed by atoms with van der Waals surface area (Å²) in [5.41, 5.74) is 0.979. The van der Waals surface area contributed by atoms with Gasteiger partial charge in [0.1, 0.15) is 11.5 Å². The third-order valence-corrected chi connectivity index (χ3v) is 3.55. The second-order valence-electron chi connectivity index (χ2n) is 5.20. The fraction of sp³-hybridized carbons (Fsp3) is 0.562. The van der Waals surface area contributed by atoms with Crippen LogP contribution in [0.3, 0.4) is 0 Å². The predicted molar refractivity (Wildman–Crippen MR) is 85.0 cm³/mol. The lowest BCUT2D eigenvalue weighted by molar-refractivity contribution is -0.121. The summed E-state index contributed by atoms with van der Waals surface area (Å²) in [5, 5.41) is 1.14. The van der Waals surface area contributed by atoms with Crippen molar-refractivity contribution in [2.24, 2.45) is 5.92 Å². The first-order chi connectivity index (χ1) is 9.45. The van der Waals surface area contributed by atoms with Crippen molar-refractivity contribution < 1.29 is 9.53 Å². The van der Waals surface area contributed by atoms with Crippen molar-refractivity contribution in [1.82, 2.24) is 0 Å². The van der Waals surface area contributed by atoms with Gasteiger partial charge in [0.25, 0.3) is 0 Å². The van der Waals surface area contributed by atoms with Gasteiger partial charge in [-0.2, -0.15) is 0 Å². The molecule has 0 saturated carbocycles. The van der Waals surface area contributed by atoms with E-state index in [1.807, 2.05) is 26.8 Å². The summed E-state index contributed by atoms with van der Waals surface area (Å²) in [7, 11) is 0. The van der Waals surface area contributed by atoms with Gasteiger partial charge in [0.05, 0.1) is 11.6 Å². The molecule has 0 fully saturated rings. The zero-order valence-electron chi connectivity index (χ0n) is 12.3. The lowest BCUT2D eigenvalue weighted by atomic mass is 10.0. The summed E-state index contributed by atoms with van der Waals surface area (Å²) in [4.78, 5) is 11.6. The summed E-state index contributed by atoms with van der Waals surface area (Å²) in [5.74, 6) is 1.08. The highest BCUT2D eigenvalue weighted by Crippen LogP contribution is 2.33. The second-order valence-corrected chi connectivity index (χ2v) is 6.04. The molecule has 4 heteroatoms. The van der Waals surface area contributed by atoms with Gasteiger partial charge in [0.15, 0.2) is 0 Å². The molecule has 2 nitrogen and oxygen atoms in total. The largest absolute Gasteiger partial charge is 0.492 e. The van der Waals surface area contributed by atoms with Crippen molar-refractivity contribution >= 4 is 29.0 Å². The van der Waals surface area contributed by atoms with Gasteiger partial charge in [-0.05, 0) is 37.0 Å². The molecule has 1 aromatic carbocycles. The zero-order chi connectivity index (χ0) is 15.1. The van der Waals surface area contributed by atoms with E-state index >= 15 is 0 Å². The number of Topliss-reactive ketones (excluding diaryl/α,β-unsaturated/α-hetero) is 1. The molecule has 0 aliphatic carbocycles. The molecule has 1 aromatic rings. The third-order valence-electron chi connectivity index (χ3n) is 3.05. The van der Waals surface area contributed by atoms with Crippen molar-refractivity contribution in [1.29, 1.82) is 0 Å². The van der Waals surface area contributed by atoms with Gasteiger partial charge >= 0.3 is 0 Å². The van der Waals surface area contributed by atoms with Crippen molar-refractivity contribution in [2.75, 3.05) is 6.61 Å². The normalized spacial score (nSPS) is 10.9. The average molecular weight is 317 g/mol. The molecular weight excluding hydrogens is 295 g/mol. The first-order valence-corrected chi connectivity index (χ1v) is 7.84. The van der Waals surface area contributed by atoms with E-state index in [1.54, 1.807) is 6.07 Å². The maximum atomic E-state index is 11.6. The third kappa shape index (κ3) is 5.34. The van der Waals surface area contributed by atoms with E-state index in [9.17, 15) is 4.79 Å². The van der Waals surface area contributed by atoms with Crippen LogP contribution < -0.4 is 4.74 Å². The minimum absolute atomic E-state index is 0.0914. The number of halogens is 2. The maximum Gasteiger partial charge on any atom is 0.141 e. The molecule has 0 aliphatic rings. The van der Waals surface area contributed by atoms with Gasteiger partial charge in [0.2, 0.25) is 0 Å². The Balaban J connectivity index is 2.74. The van der Waals surface area contributed by atoms with E-state index in [0.29, 0.717) is 28.8 Å². The molecule has 1 rings (SSSR count). The van der Waals surface area contributed by atoms with Crippen molar-refractivity contribution in [3.05, 3.63) is 27.7 Å². The number of carbonyl (C=O) groups excluding carboxylic acids is 1. The Hall–Kier alpha value is -0.730. The van der Waals surface area contributed by atoms with E-state index in [2.05, 4.69) is 0 Å². The fourth-order valence-corrected chi connectivity index (χ4v) is 2.50. The summed E-state index contributed by atoms with van der Waals surface area (Å²) in [6.45, 7) is 6.52. The molecule has 0 unspecified atom stereocenters. The first-order valence-electron chi connectivity index (χ1n) is 7.09. The summed E-state index contributed by atoms with van der Waals surface area (Å²) >= 11 is 12.2. The van der Waals surface area contributed by atoms with Gasteiger partial charge in [-0.15, -0.1) is 0 Å². The Morgan fingerprint density at radius 3 is 2.60 bits per heavy atom. The Bertz CT molecular complexity index is 456. The predicted octanol–water partition coefficient (Wildman–Crippen LogP) is 5.33. The molecule has 0 saturated heterocycles. The smallest absolute Gasteiger partial charge is 0.141 e. The number of ether oxygens (including phenoxy) is 1. The number of ketones is 1. The molecule has 0 N–H and O–H groups in total. The molecule has 20 heavy (non-hydrogen) atoms. The molecule has 112 valence electrons. The minimum Gasteiger partial charge on any atom is -0.492 e. The van der Waals surface area contributed by atoms with Crippen LogP contribution in [-0.4, -0.2) is 12.4 Å². The minimum atomic E-state index is 0.0914. The molecule has 0 aliphatic heterocycles. The van der Waals surface area contributed by atoms with Gasteiger partial charge in [-0.1, -0.05) is 44.0 Å². The molecule has 0 amide bonds.